The Morgan fingerprint density at radius 2 is 1.50 bits per heavy atom. The van der Waals surface area contributed by atoms with Gasteiger partial charge in [0, 0.05) is 0 Å². The molecule has 0 aliphatic rings. The summed E-state index contributed by atoms with van der Waals surface area (Å²) in [7, 11) is -3.18. The topological polar surface area (TPSA) is 121 Å². The number of carbonyl (C=O) groups excluding carboxylic acids is 1. The van der Waals surface area contributed by atoms with Crippen molar-refractivity contribution >= 4 is 15.3 Å². The molecule has 8 heteroatoms. The van der Waals surface area contributed by atoms with Crippen LogP contribution in [0.3, 0.4) is 0 Å². The highest BCUT2D eigenvalue weighted by atomic mass is 32.2. The summed E-state index contributed by atoms with van der Waals surface area (Å²) in [6.07, 6.45) is 0. The second-order valence-corrected chi connectivity index (χ2v) is 4.04. The number of methoxy groups -OCH3 is 1. The van der Waals surface area contributed by atoms with Crippen LogP contribution in [0.4, 0.5) is 4.79 Å². The second kappa shape index (κ2) is 10.8. The molecule has 0 rings (SSSR count). The lowest BCUT2D eigenvalue weighted by Gasteiger charge is -2.13. The highest BCUT2D eigenvalue weighted by Crippen LogP contribution is 1.82. The fraction of sp³-hybridized carbons (Fsp3) is 0.875. The fourth-order valence-electron chi connectivity index (χ4n) is 0.787. The molecule has 0 bridgehead atoms. The zero-order chi connectivity index (χ0) is 12.5. The quantitative estimate of drug-likeness (QED) is 0.688. The molecule has 0 aliphatic carbocycles. The Kier molecular flexibility index (Phi) is 14.0. The lowest BCUT2D eigenvalue weighted by Crippen LogP contribution is -2.22. The molecule has 0 saturated carbocycles. The monoisotopic (exact) mass is 258 g/mol. The van der Waals surface area contributed by atoms with Gasteiger partial charge < -0.3 is 15.1 Å². The Morgan fingerprint density at radius 3 is 1.50 bits per heavy atom. The number of ether oxygens (including phenoxy) is 1. The summed E-state index contributed by atoms with van der Waals surface area (Å²) in [4.78, 5) is 12.3. The van der Waals surface area contributed by atoms with Crippen molar-refractivity contribution in [2.75, 3.05) is 26.7 Å². The maximum atomic E-state index is 9.90. The van der Waals surface area contributed by atoms with Crippen LogP contribution in [-0.4, -0.2) is 50.8 Å². The molecule has 0 aromatic heterocycles. The van der Waals surface area contributed by atoms with Crippen molar-refractivity contribution in [2.45, 2.75) is 20.8 Å². The van der Waals surface area contributed by atoms with E-state index in [0.717, 1.165) is 7.11 Å². The SMILES string of the molecule is CCN(CC)CC.COC(=O)S(N)(=O)=O.O. The molecule has 16 heavy (non-hydrogen) atoms. The van der Waals surface area contributed by atoms with Crippen molar-refractivity contribution in [3.63, 3.8) is 0 Å². The van der Waals surface area contributed by atoms with Gasteiger partial charge in [-0.25, -0.2) is 18.4 Å². The molecule has 0 spiro atoms. The number of carbonyl (C=O) groups is 1. The van der Waals surface area contributed by atoms with Crippen LogP contribution in [0, 0.1) is 0 Å². The number of primary sulfonamides is 1. The first-order valence-corrected chi connectivity index (χ1v) is 6.21. The van der Waals surface area contributed by atoms with Gasteiger partial charge in [0.05, 0.1) is 7.11 Å². The van der Waals surface area contributed by atoms with Gasteiger partial charge in [-0.1, -0.05) is 20.8 Å². The van der Waals surface area contributed by atoms with Crippen LogP contribution in [0.5, 0.6) is 0 Å². The fourth-order valence-corrected chi connectivity index (χ4v) is 1.02. The van der Waals surface area contributed by atoms with Crippen molar-refractivity contribution in [3.05, 3.63) is 0 Å². The summed E-state index contributed by atoms with van der Waals surface area (Å²) in [6, 6.07) is 0. The standard InChI is InChI=1S/C6H15N.C2H5NO4S.H2O/c1-4-7(5-2)6-3;1-7-2(4)8(3,5)6;/h4-6H2,1-3H3;1H3,(H2,3,5,6);1H2. The Bertz CT molecular complexity index is 256. The van der Waals surface area contributed by atoms with Gasteiger partial charge in [0.2, 0.25) is 0 Å². The first kappa shape index (κ1) is 20.7. The van der Waals surface area contributed by atoms with Crippen LogP contribution in [0.25, 0.3) is 0 Å². The van der Waals surface area contributed by atoms with Crippen molar-refractivity contribution in [1.82, 2.24) is 4.90 Å². The lowest BCUT2D eigenvalue weighted by atomic mass is 10.5. The number of nitrogens with two attached hydrogens (primary N) is 1. The zero-order valence-corrected chi connectivity index (χ0v) is 11.0. The van der Waals surface area contributed by atoms with E-state index in [0.29, 0.717) is 0 Å². The molecule has 0 aromatic carbocycles. The molecular formula is C8H22N2O5S. The molecular weight excluding hydrogens is 236 g/mol. The summed E-state index contributed by atoms with van der Waals surface area (Å²) >= 11 is 0. The van der Waals surface area contributed by atoms with Gasteiger partial charge in [-0.2, -0.15) is 0 Å². The molecule has 0 fully saturated rings. The maximum absolute atomic E-state index is 9.90. The Morgan fingerprint density at radius 1 is 1.19 bits per heavy atom. The molecule has 100 valence electrons. The highest BCUT2D eigenvalue weighted by Gasteiger charge is 2.15. The Labute approximate surface area is 96.9 Å². The number of hydrogen-bond donors (Lipinski definition) is 1. The van der Waals surface area contributed by atoms with Crippen LogP contribution in [0.2, 0.25) is 0 Å². The average Bonchev–Trinajstić information content (AvgIpc) is 2.19. The summed E-state index contributed by atoms with van der Waals surface area (Å²) in [5, 5.41) is 2.87. The molecule has 4 N–H and O–H groups in total. The van der Waals surface area contributed by atoms with E-state index in [1.54, 1.807) is 0 Å². The van der Waals surface area contributed by atoms with Crippen LogP contribution in [0.15, 0.2) is 0 Å². The molecule has 0 amide bonds. The summed E-state index contributed by atoms with van der Waals surface area (Å²) in [6.45, 7) is 10.1. The molecule has 0 radical (unpaired) electrons. The number of nitrogens with zero attached hydrogens (tertiary/aromatic N) is 1. The predicted molar refractivity (Wildman–Crippen MR) is 62.6 cm³/mol. The van der Waals surface area contributed by atoms with Gasteiger partial charge in [-0.15, -0.1) is 0 Å². The molecule has 0 unspecified atom stereocenters. The van der Waals surface area contributed by atoms with Gasteiger partial charge in [-0.3, -0.25) is 0 Å². The van der Waals surface area contributed by atoms with Crippen molar-refractivity contribution in [1.29, 1.82) is 0 Å². The highest BCUT2D eigenvalue weighted by molar-refractivity contribution is 8.03. The summed E-state index contributed by atoms with van der Waals surface area (Å²) < 4.78 is 23.5. The maximum Gasteiger partial charge on any atom is 0.439 e. The van der Waals surface area contributed by atoms with Crippen LogP contribution < -0.4 is 5.14 Å². The Balaban J connectivity index is -0.000000200. The number of rotatable bonds is 3. The van der Waals surface area contributed by atoms with E-state index in [1.807, 2.05) is 0 Å². The third kappa shape index (κ3) is 11.4. The smallest absolute Gasteiger partial charge is 0.439 e. The van der Waals surface area contributed by atoms with Crippen LogP contribution >= 0.6 is 0 Å². The minimum Gasteiger partial charge on any atom is -0.456 e. The van der Waals surface area contributed by atoms with Crippen molar-refractivity contribution in [3.8, 4) is 0 Å². The van der Waals surface area contributed by atoms with E-state index in [4.69, 9.17) is 0 Å². The first-order valence-electron chi connectivity index (χ1n) is 4.66. The number of sulfonamides is 1. The lowest BCUT2D eigenvalue weighted by molar-refractivity contribution is 0.197. The average molecular weight is 258 g/mol. The van der Waals surface area contributed by atoms with Gasteiger partial charge in [0.25, 0.3) is 0 Å². The minimum absolute atomic E-state index is 0. The van der Waals surface area contributed by atoms with Gasteiger partial charge in [0.1, 0.15) is 0 Å². The summed E-state index contributed by atoms with van der Waals surface area (Å²) in [5.74, 6) is 0. The van der Waals surface area contributed by atoms with E-state index in [1.165, 1.54) is 19.6 Å². The van der Waals surface area contributed by atoms with Gasteiger partial charge >= 0.3 is 15.3 Å². The van der Waals surface area contributed by atoms with E-state index >= 15 is 0 Å². The largest absolute Gasteiger partial charge is 0.456 e. The summed E-state index contributed by atoms with van der Waals surface area (Å²) in [5.41, 5.74) is 0. The van der Waals surface area contributed by atoms with Crippen LogP contribution in [-0.2, 0) is 14.8 Å². The predicted octanol–water partition coefficient (Wildman–Crippen LogP) is -0.435. The van der Waals surface area contributed by atoms with Gasteiger partial charge in [0.15, 0.2) is 0 Å². The zero-order valence-electron chi connectivity index (χ0n) is 10.2. The van der Waals surface area contributed by atoms with E-state index in [-0.39, 0.29) is 5.48 Å². The van der Waals surface area contributed by atoms with E-state index in [9.17, 15) is 13.2 Å². The van der Waals surface area contributed by atoms with E-state index < -0.39 is 15.3 Å². The third-order valence-electron chi connectivity index (χ3n) is 1.74. The normalized spacial score (nSPS) is 9.88. The molecule has 0 aromatic rings. The Hall–Kier alpha value is -0.700. The van der Waals surface area contributed by atoms with Gasteiger partial charge in [-0.05, 0) is 19.6 Å². The van der Waals surface area contributed by atoms with Crippen molar-refractivity contribution < 1.29 is 23.4 Å². The minimum atomic E-state index is -4.11. The second-order valence-electron chi connectivity index (χ2n) is 2.62. The van der Waals surface area contributed by atoms with E-state index in [2.05, 4.69) is 35.5 Å². The molecule has 0 atom stereocenters. The molecule has 0 saturated heterocycles. The molecule has 0 heterocycles. The molecule has 0 aliphatic heterocycles. The first-order chi connectivity index (χ1) is 6.83. The van der Waals surface area contributed by atoms with Crippen molar-refractivity contribution in [2.24, 2.45) is 5.14 Å². The van der Waals surface area contributed by atoms with Crippen LogP contribution in [0.1, 0.15) is 20.8 Å². The molecule has 7 nitrogen and oxygen atoms in total. The number of hydrogen-bond acceptors (Lipinski definition) is 5. The third-order valence-corrected chi connectivity index (χ3v) is 2.37.